The Morgan fingerprint density at radius 2 is 1.94 bits per heavy atom. The maximum Gasteiger partial charge on any atom is 0.303 e. The number of nitrogens with two attached hydrogens (primary N) is 1. The van der Waals surface area contributed by atoms with Gasteiger partial charge in [0.05, 0.1) is 0 Å². The van der Waals surface area contributed by atoms with E-state index in [1.165, 1.54) is 5.56 Å². The number of hydrogen-bond acceptors (Lipinski definition) is 2. The zero-order chi connectivity index (χ0) is 11.8. The zero-order valence-corrected chi connectivity index (χ0v) is 9.43. The maximum absolute atomic E-state index is 10.3. The van der Waals surface area contributed by atoms with Crippen LogP contribution in [0.3, 0.4) is 0 Å². The normalized spacial score (nSPS) is 12.3. The largest absolute Gasteiger partial charge is 0.481 e. The van der Waals surface area contributed by atoms with Gasteiger partial charge in [-0.05, 0) is 24.8 Å². The lowest BCUT2D eigenvalue weighted by molar-refractivity contribution is -0.137. The summed E-state index contributed by atoms with van der Waals surface area (Å²) in [4.78, 5) is 10.3. The van der Waals surface area contributed by atoms with Crippen LogP contribution in [0.25, 0.3) is 0 Å². The molecule has 1 atom stereocenters. The molecule has 0 radical (unpaired) electrons. The molecule has 0 aromatic heterocycles. The van der Waals surface area contributed by atoms with Gasteiger partial charge in [0.1, 0.15) is 0 Å². The van der Waals surface area contributed by atoms with Crippen molar-refractivity contribution in [2.75, 3.05) is 0 Å². The van der Waals surface area contributed by atoms with Crippen LogP contribution >= 0.6 is 0 Å². The standard InChI is InChI=1S/C13H19NO2/c14-12(8-4-5-9-13(15)16)10-11-6-2-1-3-7-11/h1-3,6-7,12H,4-5,8-10,14H2,(H,15,16)/t12-/m1/s1. The summed E-state index contributed by atoms with van der Waals surface area (Å²) < 4.78 is 0. The van der Waals surface area contributed by atoms with Crippen LogP contribution in [0.2, 0.25) is 0 Å². The van der Waals surface area contributed by atoms with Gasteiger partial charge in [0.25, 0.3) is 0 Å². The van der Waals surface area contributed by atoms with Crippen molar-refractivity contribution in [3.05, 3.63) is 35.9 Å². The van der Waals surface area contributed by atoms with Gasteiger partial charge in [-0.15, -0.1) is 0 Å². The molecule has 3 heteroatoms. The first kappa shape index (κ1) is 12.7. The summed E-state index contributed by atoms with van der Waals surface area (Å²) in [6, 6.07) is 10.3. The highest BCUT2D eigenvalue weighted by molar-refractivity contribution is 5.66. The third-order valence-corrected chi connectivity index (χ3v) is 2.56. The average molecular weight is 221 g/mol. The van der Waals surface area contributed by atoms with Crippen molar-refractivity contribution < 1.29 is 9.90 Å². The molecule has 0 amide bonds. The van der Waals surface area contributed by atoms with Gasteiger partial charge in [-0.2, -0.15) is 0 Å². The third-order valence-electron chi connectivity index (χ3n) is 2.56. The predicted molar refractivity (Wildman–Crippen MR) is 64.2 cm³/mol. The van der Waals surface area contributed by atoms with Crippen LogP contribution in [0.4, 0.5) is 0 Å². The molecule has 88 valence electrons. The number of rotatable bonds is 7. The van der Waals surface area contributed by atoms with E-state index in [0.29, 0.717) is 0 Å². The fourth-order valence-corrected chi connectivity index (χ4v) is 1.70. The first-order valence-corrected chi connectivity index (χ1v) is 5.70. The van der Waals surface area contributed by atoms with E-state index in [-0.39, 0.29) is 12.5 Å². The molecule has 0 aliphatic carbocycles. The molecule has 0 saturated carbocycles. The minimum Gasteiger partial charge on any atom is -0.481 e. The number of carbonyl (C=O) groups is 1. The zero-order valence-electron chi connectivity index (χ0n) is 9.43. The number of carboxylic acid groups (broad SMARTS) is 1. The van der Waals surface area contributed by atoms with E-state index in [0.717, 1.165) is 25.7 Å². The summed E-state index contributed by atoms with van der Waals surface area (Å²) in [5.41, 5.74) is 7.22. The molecule has 0 aliphatic heterocycles. The van der Waals surface area contributed by atoms with E-state index >= 15 is 0 Å². The van der Waals surface area contributed by atoms with Gasteiger partial charge in [0.2, 0.25) is 0 Å². The summed E-state index contributed by atoms with van der Waals surface area (Å²) in [6.45, 7) is 0. The van der Waals surface area contributed by atoms with E-state index in [9.17, 15) is 4.79 Å². The first-order valence-electron chi connectivity index (χ1n) is 5.70. The van der Waals surface area contributed by atoms with Crippen LogP contribution in [0.15, 0.2) is 30.3 Å². The molecule has 1 aromatic carbocycles. The van der Waals surface area contributed by atoms with Crippen LogP contribution in [-0.4, -0.2) is 17.1 Å². The molecule has 0 saturated heterocycles. The minimum atomic E-state index is -0.725. The van der Waals surface area contributed by atoms with Crippen molar-refractivity contribution in [1.82, 2.24) is 0 Å². The smallest absolute Gasteiger partial charge is 0.303 e. The summed E-state index contributed by atoms with van der Waals surface area (Å²) in [6.07, 6.45) is 3.62. The number of hydrogen-bond donors (Lipinski definition) is 2. The molecule has 1 rings (SSSR count). The van der Waals surface area contributed by atoms with E-state index in [4.69, 9.17) is 10.8 Å². The molecule has 1 aromatic rings. The van der Waals surface area contributed by atoms with Crippen LogP contribution in [0, 0.1) is 0 Å². The van der Waals surface area contributed by atoms with Crippen LogP contribution in [0.1, 0.15) is 31.2 Å². The lowest BCUT2D eigenvalue weighted by Crippen LogP contribution is -2.22. The molecule has 0 bridgehead atoms. The maximum atomic E-state index is 10.3. The third kappa shape index (κ3) is 5.51. The molecule has 0 aliphatic rings. The highest BCUT2D eigenvalue weighted by atomic mass is 16.4. The second-order valence-electron chi connectivity index (χ2n) is 4.09. The molecule has 0 fully saturated rings. The van der Waals surface area contributed by atoms with Crippen molar-refractivity contribution in [2.45, 2.75) is 38.1 Å². The van der Waals surface area contributed by atoms with E-state index < -0.39 is 5.97 Å². The Balaban J connectivity index is 2.16. The van der Waals surface area contributed by atoms with Crippen LogP contribution in [0.5, 0.6) is 0 Å². The molecular formula is C13H19NO2. The van der Waals surface area contributed by atoms with Crippen molar-refractivity contribution >= 4 is 5.97 Å². The first-order chi connectivity index (χ1) is 7.68. The number of unbranched alkanes of at least 4 members (excludes halogenated alkanes) is 1. The van der Waals surface area contributed by atoms with Gasteiger partial charge in [-0.25, -0.2) is 0 Å². The van der Waals surface area contributed by atoms with Gasteiger partial charge in [0, 0.05) is 12.5 Å². The molecule has 0 unspecified atom stereocenters. The molecule has 0 heterocycles. The lowest BCUT2D eigenvalue weighted by atomic mass is 10.0. The highest BCUT2D eigenvalue weighted by Gasteiger charge is 2.04. The SMILES string of the molecule is N[C@H](CCCCC(=O)O)Cc1ccccc1. The molecule has 16 heavy (non-hydrogen) atoms. The van der Waals surface area contributed by atoms with Gasteiger partial charge < -0.3 is 10.8 Å². The molecule has 3 N–H and O–H groups in total. The number of carboxylic acids is 1. The number of aliphatic carboxylic acids is 1. The second kappa shape index (κ2) is 7.01. The Bertz CT molecular complexity index is 311. The van der Waals surface area contributed by atoms with E-state index in [1.807, 2.05) is 18.2 Å². The lowest BCUT2D eigenvalue weighted by Gasteiger charge is -2.10. The monoisotopic (exact) mass is 221 g/mol. The van der Waals surface area contributed by atoms with Crippen molar-refractivity contribution in [3.63, 3.8) is 0 Å². The fourth-order valence-electron chi connectivity index (χ4n) is 1.70. The molecule has 3 nitrogen and oxygen atoms in total. The Hall–Kier alpha value is -1.35. The summed E-state index contributed by atoms with van der Waals surface area (Å²) in [5, 5.41) is 8.48. The topological polar surface area (TPSA) is 63.3 Å². The van der Waals surface area contributed by atoms with Gasteiger partial charge >= 0.3 is 5.97 Å². The van der Waals surface area contributed by atoms with Gasteiger partial charge in [-0.1, -0.05) is 36.8 Å². The fraction of sp³-hybridized carbons (Fsp3) is 0.462. The summed E-state index contributed by atoms with van der Waals surface area (Å²) >= 11 is 0. The quantitative estimate of drug-likeness (QED) is 0.694. The van der Waals surface area contributed by atoms with Gasteiger partial charge in [-0.3, -0.25) is 4.79 Å². The van der Waals surface area contributed by atoms with Gasteiger partial charge in [0.15, 0.2) is 0 Å². The summed E-state index contributed by atoms with van der Waals surface area (Å²) in [5.74, 6) is -0.725. The summed E-state index contributed by atoms with van der Waals surface area (Å²) in [7, 11) is 0. The molecule has 0 spiro atoms. The second-order valence-corrected chi connectivity index (χ2v) is 4.09. The van der Waals surface area contributed by atoms with Crippen molar-refractivity contribution in [3.8, 4) is 0 Å². The Morgan fingerprint density at radius 1 is 1.25 bits per heavy atom. The molecular weight excluding hydrogens is 202 g/mol. The van der Waals surface area contributed by atoms with E-state index in [1.54, 1.807) is 0 Å². The minimum absolute atomic E-state index is 0.135. The Kier molecular flexibility index (Phi) is 5.57. The Morgan fingerprint density at radius 3 is 2.56 bits per heavy atom. The number of benzene rings is 1. The van der Waals surface area contributed by atoms with Crippen LogP contribution < -0.4 is 5.73 Å². The average Bonchev–Trinajstić information content (AvgIpc) is 2.25. The van der Waals surface area contributed by atoms with E-state index in [2.05, 4.69) is 12.1 Å². The van der Waals surface area contributed by atoms with Crippen molar-refractivity contribution in [1.29, 1.82) is 0 Å². The van der Waals surface area contributed by atoms with Crippen molar-refractivity contribution in [2.24, 2.45) is 5.73 Å². The predicted octanol–water partition coefficient (Wildman–Crippen LogP) is 2.20. The van der Waals surface area contributed by atoms with Crippen LogP contribution in [-0.2, 0) is 11.2 Å². The highest BCUT2D eigenvalue weighted by Crippen LogP contribution is 2.08. The Labute approximate surface area is 96.3 Å².